The van der Waals surface area contributed by atoms with Crippen molar-refractivity contribution in [1.29, 1.82) is 0 Å². The molecule has 0 unspecified atom stereocenters. The number of amides is 8. The van der Waals surface area contributed by atoms with Crippen LogP contribution >= 0.6 is 0 Å². The van der Waals surface area contributed by atoms with Crippen LogP contribution in [0.2, 0.25) is 0 Å². The molecule has 0 saturated heterocycles. The Bertz CT molecular complexity index is 2750. The van der Waals surface area contributed by atoms with E-state index in [1.165, 1.54) is 12.1 Å². The maximum atomic E-state index is 14.8. The second-order valence-corrected chi connectivity index (χ2v) is 19.3. The number of para-hydroxylation sites is 1. The fourth-order valence-electron chi connectivity index (χ4n) is 8.23. The molecule has 3 aromatic carbocycles. The Balaban J connectivity index is 1.94. The highest BCUT2D eigenvalue weighted by atomic mass is 16.6. The number of nitro benzene ring substituents is 2. The van der Waals surface area contributed by atoms with Crippen LogP contribution < -0.4 is 71.6 Å². The van der Waals surface area contributed by atoms with Crippen molar-refractivity contribution in [3.05, 3.63) is 104 Å². The molecule has 30 heteroatoms. The SMILES string of the molecule is CC(C)C[C@H](NC(=O)[C@H](Cc1ccccc1)NC(=O)CNC(=O)CNC(=O)c1ccccc1N)C(=O)N[C@@H](CCCN=C(N)N)C(=O)N[C@@H](CCCN=C(N)N)C(=O)N(CCNc1ccc([N+](=O)[O-])cc1[N+](=O)[O-])[C@H](C(N)=O)C(C)C. The van der Waals surface area contributed by atoms with Crippen LogP contribution in [-0.4, -0.2) is 143 Å². The molecule has 3 aromatic rings. The van der Waals surface area contributed by atoms with Crippen LogP contribution in [0.15, 0.2) is 82.8 Å². The van der Waals surface area contributed by atoms with Crippen molar-refractivity contribution in [2.75, 3.05) is 50.3 Å². The molecule has 0 bridgehead atoms. The van der Waals surface area contributed by atoms with Crippen LogP contribution in [0.1, 0.15) is 75.7 Å². The van der Waals surface area contributed by atoms with Crippen LogP contribution in [-0.2, 0) is 40.0 Å². The minimum absolute atomic E-state index is 0.00381. The Hall–Kier alpha value is -9.64. The zero-order chi connectivity index (χ0) is 60.3. The van der Waals surface area contributed by atoms with E-state index >= 15 is 0 Å². The summed E-state index contributed by atoms with van der Waals surface area (Å²) in [6.45, 7) is 5.04. The molecule has 0 aliphatic rings. The highest BCUT2D eigenvalue weighted by Crippen LogP contribution is 2.29. The monoisotopic (exact) mass is 1130 g/mol. The van der Waals surface area contributed by atoms with E-state index in [0.29, 0.717) is 5.56 Å². The largest absolute Gasteiger partial charge is 0.398 e. The fraction of sp³-hybridized carbons (Fsp3) is 0.451. The first-order valence-corrected chi connectivity index (χ1v) is 25.8. The molecule has 30 nitrogen and oxygen atoms in total. The first kappa shape index (κ1) is 65.6. The zero-order valence-electron chi connectivity index (χ0n) is 45.6. The number of hydrogen-bond acceptors (Lipinski definition) is 16. The average Bonchev–Trinajstić information content (AvgIpc) is 3.43. The molecule has 0 aliphatic heterocycles. The Labute approximate surface area is 467 Å². The molecule has 81 heavy (non-hydrogen) atoms. The summed E-state index contributed by atoms with van der Waals surface area (Å²) in [4.78, 5) is 140. The number of nitrogens with zero attached hydrogens (tertiary/aromatic N) is 5. The second kappa shape index (κ2) is 32.9. The smallest absolute Gasteiger partial charge is 0.299 e. The van der Waals surface area contributed by atoms with Crippen LogP contribution in [0.5, 0.6) is 0 Å². The average molecular weight is 1130 g/mol. The summed E-state index contributed by atoms with van der Waals surface area (Å²) in [5.41, 5.74) is 33.6. The predicted molar refractivity (Wildman–Crippen MR) is 301 cm³/mol. The number of primary amides is 1. The minimum atomic E-state index is -1.47. The van der Waals surface area contributed by atoms with Crippen molar-refractivity contribution in [2.45, 2.75) is 96.4 Å². The van der Waals surface area contributed by atoms with Gasteiger partial charge in [-0.3, -0.25) is 68.6 Å². The number of guanidine groups is 2. The summed E-state index contributed by atoms with van der Waals surface area (Å²) < 4.78 is 0. The Kier molecular flexibility index (Phi) is 26.7. The van der Waals surface area contributed by atoms with Gasteiger partial charge in [-0.1, -0.05) is 70.2 Å². The molecular formula is C51H74N18O12. The Morgan fingerprint density at radius 3 is 1.77 bits per heavy atom. The van der Waals surface area contributed by atoms with E-state index in [9.17, 15) is 58.6 Å². The van der Waals surface area contributed by atoms with Gasteiger partial charge < -0.3 is 76.5 Å². The predicted octanol–water partition coefficient (Wildman–Crippen LogP) is -1.28. The van der Waals surface area contributed by atoms with Gasteiger partial charge in [0.25, 0.3) is 17.3 Å². The van der Waals surface area contributed by atoms with Gasteiger partial charge in [-0.15, -0.1) is 0 Å². The van der Waals surface area contributed by atoms with Gasteiger partial charge in [0.1, 0.15) is 35.9 Å². The van der Waals surface area contributed by atoms with E-state index in [-0.39, 0.29) is 99.5 Å². The summed E-state index contributed by atoms with van der Waals surface area (Å²) in [5, 5.41) is 41.6. The van der Waals surface area contributed by atoms with E-state index in [1.54, 1.807) is 70.2 Å². The number of anilines is 2. The van der Waals surface area contributed by atoms with Gasteiger partial charge >= 0.3 is 0 Å². The van der Waals surface area contributed by atoms with Crippen molar-refractivity contribution in [1.82, 2.24) is 36.8 Å². The summed E-state index contributed by atoms with van der Waals surface area (Å²) in [6, 6.07) is 10.9. The maximum absolute atomic E-state index is 14.8. The summed E-state index contributed by atoms with van der Waals surface area (Å²) >= 11 is 0. The number of nitro groups is 2. The first-order chi connectivity index (χ1) is 38.3. The van der Waals surface area contributed by atoms with Gasteiger partial charge in [0, 0.05) is 44.4 Å². The third-order valence-corrected chi connectivity index (χ3v) is 12.1. The highest BCUT2D eigenvalue weighted by molar-refractivity contribution is 6.01. The van der Waals surface area contributed by atoms with Crippen molar-refractivity contribution in [2.24, 2.45) is 50.5 Å². The number of nitrogen functional groups attached to an aromatic ring is 1. The van der Waals surface area contributed by atoms with E-state index in [4.69, 9.17) is 34.4 Å². The molecule has 0 heterocycles. The highest BCUT2D eigenvalue weighted by Gasteiger charge is 2.37. The van der Waals surface area contributed by atoms with Gasteiger partial charge in [0.05, 0.1) is 34.6 Å². The molecular weight excluding hydrogens is 1060 g/mol. The number of nitrogens with one attached hydrogen (secondary N) is 7. The van der Waals surface area contributed by atoms with Gasteiger partial charge in [-0.2, -0.15) is 0 Å². The van der Waals surface area contributed by atoms with Crippen LogP contribution in [0.4, 0.5) is 22.7 Å². The summed E-state index contributed by atoms with van der Waals surface area (Å²) in [6.07, 6.45) is -0.154. The fourth-order valence-corrected chi connectivity index (χ4v) is 8.23. The second-order valence-electron chi connectivity index (χ2n) is 19.3. The third kappa shape index (κ3) is 22.7. The number of nitrogens with two attached hydrogens (primary N) is 6. The number of non-ortho nitro benzene ring substituents is 1. The topological polar surface area (TPSA) is 491 Å². The van der Waals surface area contributed by atoms with Crippen molar-refractivity contribution < 1.29 is 48.2 Å². The maximum Gasteiger partial charge on any atom is 0.299 e. The summed E-state index contributed by atoms with van der Waals surface area (Å²) in [7, 11) is 0. The first-order valence-electron chi connectivity index (χ1n) is 25.8. The number of aliphatic imine (C=N–C) groups is 2. The molecule has 440 valence electrons. The number of hydrogen-bond donors (Lipinski definition) is 13. The third-order valence-electron chi connectivity index (χ3n) is 12.1. The van der Waals surface area contributed by atoms with E-state index in [2.05, 4.69) is 47.2 Å². The van der Waals surface area contributed by atoms with Crippen LogP contribution in [0.3, 0.4) is 0 Å². The van der Waals surface area contributed by atoms with Gasteiger partial charge in [0.2, 0.25) is 41.4 Å². The molecule has 0 spiro atoms. The molecule has 0 saturated carbocycles. The van der Waals surface area contributed by atoms with Gasteiger partial charge in [0.15, 0.2) is 11.9 Å². The lowest BCUT2D eigenvalue weighted by molar-refractivity contribution is -0.393. The Morgan fingerprint density at radius 2 is 1.20 bits per heavy atom. The van der Waals surface area contributed by atoms with Crippen molar-refractivity contribution in [3.8, 4) is 0 Å². The van der Waals surface area contributed by atoms with E-state index in [0.717, 1.165) is 23.1 Å². The molecule has 0 radical (unpaired) electrons. The lowest BCUT2D eigenvalue weighted by Crippen LogP contribution is -2.61. The molecule has 0 fully saturated rings. The number of carbonyl (C=O) groups excluding carboxylic acids is 8. The molecule has 0 aliphatic carbocycles. The quantitative estimate of drug-likeness (QED) is 0.00827. The molecule has 19 N–H and O–H groups in total. The van der Waals surface area contributed by atoms with Crippen LogP contribution in [0.25, 0.3) is 0 Å². The summed E-state index contributed by atoms with van der Waals surface area (Å²) in [5.74, 6) is -7.84. The minimum Gasteiger partial charge on any atom is -0.398 e. The molecule has 0 aromatic heterocycles. The van der Waals surface area contributed by atoms with E-state index < -0.39 is 118 Å². The van der Waals surface area contributed by atoms with Gasteiger partial charge in [-0.25, -0.2) is 0 Å². The normalized spacial score (nSPS) is 12.7. The molecule has 3 rings (SSSR count). The molecule has 5 atom stereocenters. The number of carbonyl (C=O) groups is 8. The lowest BCUT2D eigenvalue weighted by Gasteiger charge is -2.35. The molecule has 8 amide bonds. The zero-order valence-corrected chi connectivity index (χ0v) is 45.6. The van der Waals surface area contributed by atoms with Crippen molar-refractivity contribution >= 4 is 81.9 Å². The Morgan fingerprint density at radius 1 is 0.642 bits per heavy atom. The lowest BCUT2D eigenvalue weighted by atomic mass is 9.99. The van der Waals surface area contributed by atoms with Crippen LogP contribution in [0, 0.1) is 32.1 Å². The van der Waals surface area contributed by atoms with Gasteiger partial charge in [-0.05, 0) is 67.7 Å². The van der Waals surface area contributed by atoms with Crippen molar-refractivity contribution in [3.63, 3.8) is 0 Å². The number of benzene rings is 3. The van der Waals surface area contributed by atoms with E-state index in [1.807, 2.05) is 0 Å². The number of rotatable bonds is 34. The standard InChI is InChI=1S/C51H74N18O12/c1-29(2)24-38(66-48(76)39(25-31-12-6-5-7-13-31)63-42(71)28-61-41(70)27-62-45(73)33-14-8-9-15-34(33)52)47(75)64-36(16-10-20-59-50(54)55)46(74)65-37(17-11-21-60-51(56)57)49(77)67(43(30(3)4)44(53)72)23-22-58-35-19-18-32(68(78)79)26-40(35)69(80)81/h5-9,12-15,18-19,26,29-30,36-39,43,58H,10-11,16-17,20-25,27-28,52H2,1-4H3,(H2,53,72)(H,61,70)(H,62,73)(H,63,71)(H,64,75)(H,65,74)(H,66,76)(H4,54,55,59)(H4,56,57,60)/t36-,37-,38-,39-,43-/m0/s1.